The van der Waals surface area contributed by atoms with Crippen LogP contribution in [0.15, 0.2) is 0 Å². The van der Waals surface area contributed by atoms with Crippen LogP contribution in [-0.2, 0) is 40.1 Å². The standard InChI is InChI=1S/C7H12O4.H2N.W/c1-9-6-3-5(4-8)7(10-2)11-6;;/h4-7H,3H2,1-2H3;1H2;/q;-1;. The van der Waals surface area contributed by atoms with Crippen LogP contribution in [0, 0.1) is 5.92 Å². The summed E-state index contributed by atoms with van der Waals surface area (Å²) in [6.07, 6.45) is 0.693. The van der Waals surface area contributed by atoms with Gasteiger partial charge < -0.3 is 25.2 Å². The van der Waals surface area contributed by atoms with Crippen molar-refractivity contribution in [3.8, 4) is 0 Å². The van der Waals surface area contributed by atoms with E-state index in [0.29, 0.717) is 6.42 Å². The van der Waals surface area contributed by atoms with E-state index in [1.165, 1.54) is 7.11 Å². The molecular formula is C7H14NO4W-. The number of ether oxygens (including phenoxy) is 3. The molecule has 0 aromatic rings. The summed E-state index contributed by atoms with van der Waals surface area (Å²) in [5.74, 6) is -0.190. The summed E-state index contributed by atoms with van der Waals surface area (Å²) in [4.78, 5) is 10.4. The summed E-state index contributed by atoms with van der Waals surface area (Å²) < 4.78 is 15.0. The quantitative estimate of drug-likeness (QED) is 0.701. The van der Waals surface area contributed by atoms with Gasteiger partial charge in [0.15, 0.2) is 12.6 Å². The molecule has 6 heteroatoms. The van der Waals surface area contributed by atoms with Crippen LogP contribution < -0.4 is 0 Å². The molecule has 1 aliphatic rings. The second-order valence-electron chi connectivity index (χ2n) is 2.44. The Bertz CT molecular complexity index is 146. The summed E-state index contributed by atoms with van der Waals surface area (Å²) in [5.41, 5.74) is 0. The zero-order valence-corrected chi connectivity index (χ0v) is 10.6. The summed E-state index contributed by atoms with van der Waals surface area (Å²) in [6, 6.07) is 0. The number of aldehydes is 1. The zero-order valence-electron chi connectivity index (χ0n) is 7.64. The molecule has 0 aromatic heterocycles. The molecule has 13 heavy (non-hydrogen) atoms. The summed E-state index contributed by atoms with van der Waals surface area (Å²) in [6.45, 7) is 0. The topological polar surface area (TPSA) is 78.3 Å². The molecule has 78 valence electrons. The van der Waals surface area contributed by atoms with Crippen LogP contribution in [0.1, 0.15) is 6.42 Å². The van der Waals surface area contributed by atoms with Crippen molar-refractivity contribution in [2.75, 3.05) is 14.2 Å². The van der Waals surface area contributed by atoms with Gasteiger partial charge in [-0.2, -0.15) is 0 Å². The molecule has 0 saturated carbocycles. The van der Waals surface area contributed by atoms with Gasteiger partial charge in [-0.3, -0.25) is 0 Å². The molecule has 0 radical (unpaired) electrons. The third kappa shape index (κ3) is 3.83. The number of nitrogens with two attached hydrogens (primary N) is 1. The number of carbonyl (C=O) groups excluding carboxylic acids is 1. The van der Waals surface area contributed by atoms with E-state index in [2.05, 4.69) is 0 Å². The summed E-state index contributed by atoms with van der Waals surface area (Å²) in [5, 5.41) is 0. The Labute approximate surface area is 91.9 Å². The Morgan fingerprint density at radius 3 is 2.31 bits per heavy atom. The second-order valence-corrected chi connectivity index (χ2v) is 2.44. The molecule has 0 aromatic carbocycles. The van der Waals surface area contributed by atoms with Gasteiger partial charge in [-0.15, -0.1) is 0 Å². The van der Waals surface area contributed by atoms with Gasteiger partial charge in [0.25, 0.3) is 0 Å². The monoisotopic (exact) mass is 360 g/mol. The predicted molar refractivity (Wildman–Crippen MR) is 42.1 cm³/mol. The Kier molecular flexibility index (Phi) is 9.14. The minimum Gasteiger partial charge on any atom is -0.693 e. The van der Waals surface area contributed by atoms with E-state index in [-0.39, 0.29) is 39.4 Å². The molecule has 2 N–H and O–H groups in total. The minimum atomic E-state index is -0.433. The van der Waals surface area contributed by atoms with Crippen molar-refractivity contribution < 1.29 is 40.1 Å². The summed E-state index contributed by atoms with van der Waals surface area (Å²) >= 11 is 0. The fraction of sp³-hybridized carbons (Fsp3) is 0.857. The van der Waals surface area contributed by atoms with Crippen molar-refractivity contribution in [3.05, 3.63) is 6.15 Å². The summed E-state index contributed by atoms with van der Waals surface area (Å²) in [7, 11) is 3.06. The molecule has 5 nitrogen and oxygen atoms in total. The Balaban J connectivity index is 0. The third-order valence-corrected chi connectivity index (χ3v) is 1.77. The molecule has 0 aliphatic carbocycles. The maximum atomic E-state index is 10.4. The van der Waals surface area contributed by atoms with Crippen LogP contribution in [-0.4, -0.2) is 33.1 Å². The van der Waals surface area contributed by atoms with E-state index in [0.717, 1.165) is 6.29 Å². The number of hydrogen-bond donors (Lipinski definition) is 0. The second kappa shape index (κ2) is 7.59. The van der Waals surface area contributed by atoms with Crippen molar-refractivity contribution in [2.45, 2.75) is 19.0 Å². The van der Waals surface area contributed by atoms with Crippen LogP contribution in [0.4, 0.5) is 0 Å². The maximum Gasteiger partial charge on any atom is 0.169 e. The molecule has 1 aliphatic heterocycles. The van der Waals surface area contributed by atoms with Gasteiger partial charge in [-0.05, 0) is 0 Å². The Morgan fingerprint density at radius 1 is 1.38 bits per heavy atom. The van der Waals surface area contributed by atoms with Crippen molar-refractivity contribution in [3.63, 3.8) is 0 Å². The molecule has 1 rings (SSSR count). The predicted octanol–water partition coefficient (Wildman–Crippen LogP) is 0.881. The number of methoxy groups -OCH3 is 2. The number of carbonyl (C=O) groups is 1. The Morgan fingerprint density at radius 2 is 2.00 bits per heavy atom. The van der Waals surface area contributed by atoms with Crippen molar-refractivity contribution in [2.24, 2.45) is 5.92 Å². The molecule has 0 spiro atoms. The van der Waals surface area contributed by atoms with Crippen molar-refractivity contribution >= 4 is 6.29 Å². The van der Waals surface area contributed by atoms with E-state index in [9.17, 15) is 4.79 Å². The molecule has 0 bridgehead atoms. The van der Waals surface area contributed by atoms with E-state index < -0.39 is 6.29 Å². The molecule has 3 unspecified atom stereocenters. The average molecular weight is 360 g/mol. The first kappa shape index (κ1) is 15.7. The largest absolute Gasteiger partial charge is 0.693 e. The van der Waals surface area contributed by atoms with Gasteiger partial charge in [0.1, 0.15) is 6.29 Å². The van der Waals surface area contributed by atoms with Gasteiger partial charge >= 0.3 is 0 Å². The SMILES string of the molecule is COC1CC(C=O)C(OC)O1.[NH2-].[W]. The first-order valence-corrected chi connectivity index (χ1v) is 3.48. The van der Waals surface area contributed by atoms with Crippen LogP contribution >= 0.6 is 0 Å². The average Bonchev–Trinajstić information content (AvgIpc) is 2.46. The van der Waals surface area contributed by atoms with Gasteiger partial charge in [0.2, 0.25) is 0 Å². The van der Waals surface area contributed by atoms with Gasteiger partial charge in [-0.25, -0.2) is 0 Å². The van der Waals surface area contributed by atoms with Crippen molar-refractivity contribution in [1.82, 2.24) is 0 Å². The van der Waals surface area contributed by atoms with E-state index in [1.54, 1.807) is 7.11 Å². The first-order valence-electron chi connectivity index (χ1n) is 3.48. The maximum absolute atomic E-state index is 10.4. The third-order valence-electron chi connectivity index (χ3n) is 1.77. The van der Waals surface area contributed by atoms with E-state index in [1.807, 2.05) is 0 Å². The zero-order chi connectivity index (χ0) is 8.27. The van der Waals surface area contributed by atoms with Crippen LogP contribution in [0.3, 0.4) is 0 Å². The number of rotatable bonds is 3. The van der Waals surface area contributed by atoms with E-state index >= 15 is 0 Å². The van der Waals surface area contributed by atoms with Crippen LogP contribution in [0.5, 0.6) is 0 Å². The van der Waals surface area contributed by atoms with E-state index in [4.69, 9.17) is 14.2 Å². The van der Waals surface area contributed by atoms with Crippen LogP contribution in [0.2, 0.25) is 0 Å². The molecule has 3 atom stereocenters. The first-order chi connectivity index (χ1) is 5.31. The minimum absolute atomic E-state index is 0. The molecular weight excluding hydrogens is 346 g/mol. The molecule has 1 heterocycles. The molecule has 1 fully saturated rings. The van der Waals surface area contributed by atoms with Crippen molar-refractivity contribution in [1.29, 1.82) is 0 Å². The Hall–Kier alpha value is 0.198. The fourth-order valence-corrected chi connectivity index (χ4v) is 1.14. The normalized spacial score (nSPS) is 31.7. The molecule has 1 saturated heterocycles. The smallest absolute Gasteiger partial charge is 0.169 e. The fourth-order valence-electron chi connectivity index (χ4n) is 1.14. The molecule has 0 amide bonds. The van der Waals surface area contributed by atoms with Crippen LogP contribution in [0.25, 0.3) is 6.15 Å². The van der Waals surface area contributed by atoms with Gasteiger partial charge in [-0.1, -0.05) is 0 Å². The van der Waals surface area contributed by atoms with Gasteiger partial charge in [0, 0.05) is 41.7 Å². The van der Waals surface area contributed by atoms with Gasteiger partial charge in [0.05, 0.1) is 5.92 Å². The number of hydrogen-bond acceptors (Lipinski definition) is 4.